The molecule has 100 valence electrons. The van der Waals surface area contributed by atoms with Crippen LogP contribution in [0.1, 0.15) is 32.1 Å². The highest BCUT2D eigenvalue weighted by Crippen LogP contribution is 2.29. The van der Waals surface area contributed by atoms with E-state index >= 15 is 0 Å². The number of rotatable bonds is 2. The third-order valence-corrected chi connectivity index (χ3v) is 3.95. The van der Waals surface area contributed by atoms with Crippen molar-refractivity contribution >= 4 is 17.8 Å². The molecule has 0 radical (unpaired) electrons. The molecular weight excluding hydrogens is 234 g/mol. The van der Waals surface area contributed by atoms with E-state index in [1.54, 1.807) is 0 Å². The Kier molecular flexibility index (Phi) is 3.65. The van der Waals surface area contributed by atoms with Gasteiger partial charge in [0.25, 0.3) is 0 Å². The first kappa shape index (κ1) is 13.0. The van der Waals surface area contributed by atoms with Crippen LogP contribution < -0.4 is 5.73 Å². The Labute approximate surface area is 106 Å². The summed E-state index contributed by atoms with van der Waals surface area (Å²) in [4.78, 5) is 37.4. The number of imide groups is 2. The Bertz CT molecular complexity index is 383. The molecule has 0 spiro atoms. The summed E-state index contributed by atoms with van der Waals surface area (Å²) in [6, 6.07) is -0.721. The Morgan fingerprint density at radius 3 is 2.33 bits per heavy atom. The molecule has 4 amide bonds. The fraction of sp³-hybridized carbons (Fsp3) is 0.750. The van der Waals surface area contributed by atoms with Crippen molar-refractivity contribution < 1.29 is 14.4 Å². The minimum atomic E-state index is -0.736. The summed E-state index contributed by atoms with van der Waals surface area (Å²) in [5.41, 5.74) is 5.74. The molecule has 1 saturated carbocycles. The Morgan fingerprint density at radius 2 is 1.78 bits per heavy atom. The lowest BCUT2D eigenvalue weighted by Gasteiger charge is -2.30. The second-order valence-corrected chi connectivity index (χ2v) is 5.02. The van der Waals surface area contributed by atoms with Crippen molar-refractivity contribution in [3.8, 4) is 0 Å². The number of urea groups is 1. The molecule has 6 heteroatoms. The van der Waals surface area contributed by atoms with Gasteiger partial charge >= 0.3 is 17.8 Å². The van der Waals surface area contributed by atoms with Crippen molar-refractivity contribution in [2.75, 3.05) is 13.6 Å². The van der Waals surface area contributed by atoms with E-state index in [9.17, 15) is 14.4 Å². The number of carbonyl (C=O) groups excluding carboxylic acids is 3. The quantitative estimate of drug-likeness (QED) is 0.436. The third kappa shape index (κ3) is 2.01. The van der Waals surface area contributed by atoms with Gasteiger partial charge in [-0.2, -0.15) is 0 Å². The molecule has 1 heterocycles. The van der Waals surface area contributed by atoms with Gasteiger partial charge in [-0.05, 0) is 25.3 Å². The van der Waals surface area contributed by atoms with E-state index in [-0.39, 0.29) is 12.0 Å². The SMILES string of the molecule is CN1C(=O)C(=O)N(C2CCCCCC2CN)C1=O. The molecule has 1 saturated heterocycles. The van der Waals surface area contributed by atoms with Crippen LogP contribution in [0.5, 0.6) is 0 Å². The van der Waals surface area contributed by atoms with Crippen LogP contribution in [-0.4, -0.2) is 47.3 Å². The van der Waals surface area contributed by atoms with Gasteiger partial charge in [-0.15, -0.1) is 0 Å². The van der Waals surface area contributed by atoms with Crippen molar-refractivity contribution in [3.05, 3.63) is 0 Å². The van der Waals surface area contributed by atoms with Crippen LogP contribution in [-0.2, 0) is 9.59 Å². The molecular formula is C12H19N3O3. The van der Waals surface area contributed by atoms with Crippen LogP contribution in [0.4, 0.5) is 4.79 Å². The molecule has 2 aliphatic rings. The lowest BCUT2D eigenvalue weighted by Crippen LogP contribution is -2.46. The van der Waals surface area contributed by atoms with Crippen LogP contribution in [0.25, 0.3) is 0 Å². The van der Waals surface area contributed by atoms with E-state index in [0.29, 0.717) is 6.54 Å². The van der Waals surface area contributed by atoms with Gasteiger partial charge in [0.2, 0.25) is 0 Å². The van der Waals surface area contributed by atoms with E-state index in [4.69, 9.17) is 5.73 Å². The largest absolute Gasteiger partial charge is 0.334 e. The second kappa shape index (κ2) is 5.06. The second-order valence-electron chi connectivity index (χ2n) is 5.02. The molecule has 1 aliphatic carbocycles. The maximum absolute atomic E-state index is 12.0. The monoisotopic (exact) mass is 253 g/mol. The van der Waals surface area contributed by atoms with Gasteiger partial charge in [-0.1, -0.05) is 19.3 Å². The van der Waals surface area contributed by atoms with Crippen molar-refractivity contribution in [2.24, 2.45) is 11.7 Å². The van der Waals surface area contributed by atoms with E-state index < -0.39 is 17.8 Å². The van der Waals surface area contributed by atoms with Crippen molar-refractivity contribution in [1.82, 2.24) is 9.80 Å². The van der Waals surface area contributed by atoms with Gasteiger partial charge < -0.3 is 5.73 Å². The van der Waals surface area contributed by atoms with Gasteiger partial charge in [-0.25, -0.2) is 4.79 Å². The predicted molar refractivity (Wildman–Crippen MR) is 64.4 cm³/mol. The topological polar surface area (TPSA) is 83.7 Å². The van der Waals surface area contributed by atoms with Crippen LogP contribution in [0.2, 0.25) is 0 Å². The van der Waals surface area contributed by atoms with Gasteiger partial charge in [0.1, 0.15) is 0 Å². The van der Waals surface area contributed by atoms with E-state index in [1.165, 1.54) is 7.05 Å². The summed E-state index contributed by atoms with van der Waals surface area (Å²) >= 11 is 0. The molecule has 2 N–H and O–H groups in total. The maximum atomic E-state index is 12.0. The van der Waals surface area contributed by atoms with Crippen molar-refractivity contribution in [1.29, 1.82) is 0 Å². The normalized spacial score (nSPS) is 30.0. The number of amides is 4. The van der Waals surface area contributed by atoms with Crippen LogP contribution >= 0.6 is 0 Å². The standard InChI is InChI=1S/C12H19N3O3/c1-14-10(16)11(17)15(12(14)18)9-6-4-2-3-5-8(9)7-13/h8-9H,2-7,13H2,1H3. The molecule has 0 aromatic heterocycles. The molecule has 2 unspecified atom stereocenters. The zero-order valence-electron chi connectivity index (χ0n) is 10.6. The summed E-state index contributed by atoms with van der Waals surface area (Å²) in [6.07, 6.45) is 4.79. The van der Waals surface area contributed by atoms with Crippen LogP contribution in [0, 0.1) is 5.92 Å². The summed E-state index contributed by atoms with van der Waals surface area (Å²) in [7, 11) is 1.34. The fourth-order valence-corrected chi connectivity index (χ4v) is 2.85. The first-order valence-electron chi connectivity index (χ1n) is 6.43. The highest BCUT2D eigenvalue weighted by Gasteiger charge is 2.47. The average molecular weight is 253 g/mol. The zero-order chi connectivity index (χ0) is 13.3. The lowest BCUT2D eigenvalue weighted by molar-refractivity contribution is -0.144. The number of nitrogens with zero attached hydrogens (tertiary/aromatic N) is 2. The Hall–Kier alpha value is -1.43. The first-order chi connectivity index (χ1) is 8.57. The predicted octanol–water partition coefficient (Wildman–Crippen LogP) is 0.315. The van der Waals surface area contributed by atoms with Gasteiger partial charge in [0.05, 0.1) is 0 Å². The summed E-state index contributed by atoms with van der Waals surface area (Å²) < 4.78 is 0. The molecule has 2 atom stereocenters. The summed E-state index contributed by atoms with van der Waals surface area (Å²) in [5.74, 6) is -1.33. The summed E-state index contributed by atoms with van der Waals surface area (Å²) in [5, 5.41) is 0. The molecule has 18 heavy (non-hydrogen) atoms. The number of hydrogen-bond acceptors (Lipinski definition) is 4. The molecule has 0 aromatic rings. The summed E-state index contributed by atoms with van der Waals surface area (Å²) in [6.45, 7) is 0.444. The molecule has 2 rings (SSSR count). The smallest absolute Gasteiger partial charge is 0.330 e. The van der Waals surface area contributed by atoms with E-state index in [2.05, 4.69) is 0 Å². The molecule has 0 bridgehead atoms. The molecule has 1 aliphatic heterocycles. The zero-order valence-corrected chi connectivity index (χ0v) is 10.6. The molecule has 6 nitrogen and oxygen atoms in total. The average Bonchev–Trinajstić information content (AvgIpc) is 2.58. The highest BCUT2D eigenvalue weighted by atomic mass is 16.2. The lowest BCUT2D eigenvalue weighted by atomic mass is 9.93. The maximum Gasteiger partial charge on any atom is 0.334 e. The van der Waals surface area contributed by atoms with Crippen LogP contribution in [0.15, 0.2) is 0 Å². The van der Waals surface area contributed by atoms with Gasteiger partial charge in [0, 0.05) is 13.1 Å². The number of likely N-dealkylation sites (N-methyl/N-ethyl adjacent to an activating group) is 1. The van der Waals surface area contributed by atoms with E-state index in [1.807, 2.05) is 0 Å². The van der Waals surface area contributed by atoms with Gasteiger partial charge in [0.15, 0.2) is 0 Å². The minimum Gasteiger partial charge on any atom is -0.330 e. The molecule has 2 fully saturated rings. The highest BCUT2D eigenvalue weighted by molar-refractivity contribution is 6.44. The van der Waals surface area contributed by atoms with E-state index in [0.717, 1.165) is 41.9 Å². The number of carbonyl (C=O) groups is 3. The van der Waals surface area contributed by atoms with Crippen molar-refractivity contribution in [3.63, 3.8) is 0 Å². The minimum absolute atomic E-state index is 0.111. The fourth-order valence-electron chi connectivity index (χ4n) is 2.85. The Balaban J connectivity index is 2.25. The third-order valence-electron chi connectivity index (χ3n) is 3.95. The van der Waals surface area contributed by atoms with Crippen molar-refractivity contribution in [2.45, 2.75) is 38.1 Å². The van der Waals surface area contributed by atoms with Gasteiger partial charge in [-0.3, -0.25) is 19.4 Å². The van der Waals surface area contributed by atoms with Crippen LogP contribution in [0.3, 0.4) is 0 Å². The number of hydrogen-bond donors (Lipinski definition) is 1. The number of nitrogens with two attached hydrogens (primary N) is 1. The first-order valence-corrected chi connectivity index (χ1v) is 6.43. The Morgan fingerprint density at radius 1 is 1.11 bits per heavy atom. The molecule has 0 aromatic carbocycles.